The van der Waals surface area contributed by atoms with Crippen molar-refractivity contribution in [2.75, 3.05) is 0 Å². The lowest BCUT2D eigenvalue weighted by atomic mass is 10.1. The predicted octanol–water partition coefficient (Wildman–Crippen LogP) is 5.13. The molecule has 0 heterocycles. The molecule has 0 aliphatic carbocycles. The van der Waals surface area contributed by atoms with Crippen LogP contribution in [0.25, 0.3) is 0 Å². The van der Waals surface area contributed by atoms with E-state index in [0.717, 1.165) is 16.6 Å². The number of rotatable bonds is 2. The second kappa shape index (κ2) is 5.55. The van der Waals surface area contributed by atoms with Crippen LogP contribution in [0.4, 0.5) is 13.2 Å². The Hall–Kier alpha value is -2.00. The molecule has 0 unspecified atom stereocenters. The molecule has 0 radical (unpaired) electrons. The van der Waals surface area contributed by atoms with Crippen molar-refractivity contribution in [1.29, 1.82) is 5.26 Å². The van der Waals surface area contributed by atoms with Crippen LogP contribution in [0.1, 0.15) is 11.1 Å². The number of hydrogen-bond donors (Lipinski definition) is 0. The van der Waals surface area contributed by atoms with Gasteiger partial charge >= 0.3 is 6.18 Å². The summed E-state index contributed by atoms with van der Waals surface area (Å²) in [5.74, 6) is 0.647. The number of benzene rings is 2. The average molecular weight is 342 g/mol. The Morgan fingerprint density at radius 3 is 2.15 bits per heavy atom. The Balaban J connectivity index is 2.31. The van der Waals surface area contributed by atoms with Crippen LogP contribution in [0.5, 0.6) is 11.5 Å². The molecule has 0 saturated heterocycles. The molecule has 2 rings (SSSR count). The number of hydrogen-bond acceptors (Lipinski definition) is 2. The first-order chi connectivity index (χ1) is 9.40. The van der Waals surface area contributed by atoms with Crippen LogP contribution in [-0.2, 0) is 6.18 Å². The molecule has 102 valence electrons. The molecule has 6 heteroatoms. The molecular formula is C14H7BrF3NO. The number of alkyl halides is 3. The van der Waals surface area contributed by atoms with Crippen LogP contribution in [0, 0.1) is 11.3 Å². The van der Waals surface area contributed by atoms with Gasteiger partial charge in [0.25, 0.3) is 0 Å². The van der Waals surface area contributed by atoms with Gasteiger partial charge in [-0.25, -0.2) is 0 Å². The summed E-state index contributed by atoms with van der Waals surface area (Å²) in [5, 5.41) is 8.80. The molecule has 0 saturated carbocycles. The zero-order chi connectivity index (χ0) is 14.8. The van der Waals surface area contributed by atoms with Crippen molar-refractivity contribution in [2.24, 2.45) is 0 Å². The highest BCUT2D eigenvalue weighted by Crippen LogP contribution is 2.34. The van der Waals surface area contributed by atoms with Crippen molar-refractivity contribution in [2.45, 2.75) is 6.18 Å². The zero-order valence-corrected chi connectivity index (χ0v) is 11.5. The van der Waals surface area contributed by atoms with Gasteiger partial charge in [0.1, 0.15) is 11.5 Å². The minimum absolute atomic E-state index is 0.178. The Morgan fingerprint density at radius 1 is 1.00 bits per heavy atom. The monoisotopic (exact) mass is 341 g/mol. The van der Waals surface area contributed by atoms with E-state index < -0.39 is 17.3 Å². The second-order valence-corrected chi connectivity index (χ2v) is 4.79. The Bertz CT molecular complexity index is 660. The molecule has 0 spiro atoms. The second-order valence-electron chi connectivity index (χ2n) is 3.87. The van der Waals surface area contributed by atoms with E-state index in [-0.39, 0.29) is 5.75 Å². The quantitative estimate of drug-likeness (QED) is 0.758. The lowest BCUT2D eigenvalue weighted by Gasteiger charge is -2.11. The summed E-state index contributed by atoms with van der Waals surface area (Å²) >= 11 is 3.26. The molecule has 0 fully saturated rings. The molecule has 2 aromatic rings. The molecule has 2 nitrogen and oxygen atoms in total. The minimum atomic E-state index is -4.55. The molecule has 0 N–H and O–H groups in total. The predicted molar refractivity (Wildman–Crippen MR) is 70.4 cm³/mol. The normalized spacial score (nSPS) is 10.9. The largest absolute Gasteiger partial charge is 0.457 e. The SMILES string of the molecule is N#Cc1cc(Oc2ccc(Br)cc2)ccc1C(F)(F)F. The maximum Gasteiger partial charge on any atom is 0.417 e. The van der Waals surface area contributed by atoms with Gasteiger partial charge in [-0.05, 0) is 42.5 Å². The van der Waals surface area contributed by atoms with E-state index in [0.29, 0.717) is 5.75 Å². The lowest BCUT2D eigenvalue weighted by Crippen LogP contribution is -2.07. The summed E-state index contributed by atoms with van der Waals surface area (Å²) in [6, 6.07) is 11.4. The van der Waals surface area contributed by atoms with E-state index in [4.69, 9.17) is 10.00 Å². The molecule has 0 atom stereocenters. The molecule has 0 amide bonds. The van der Waals surface area contributed by atoms with Gasteiger partial charge in [0.2, 0.25) is 0 Å². The van der Waals surface area contributed by atoms with Gasteiger partial charge in [-0.1, -0.05) is 15.9 Å². The molecule has 0 bridgehead atoms. The van der Waals surface area contributed by atoms with Gasteiger partial charge in [-0.15, -0.1) is 0 Å². The van der Waals surface area contributed by atoms with E-state index >= 15 is 0 Å². The van der Waals surface area contributed by atoms with Crippen molar-refractivity contribution in [3.8, 4) is 17.6 Å². The summed E-state index contributed by atoms with van der Waals surface area (Å²) in [4.78, 5) is 0. The van der Waals surface area contributed by atoms with Crippen LogP contribution < -0.4 is 4.74 Å². The van der Waals surface area contributed by atoms with Crippen LogP contribution in [0.15, 0.2) is 46.9 Å². The van der Waals surface area contributed by atoms with Crippen LogP contribution in [0.3, 0.4) is 0 Å². The third-order valence-electron chi connectivity index (χ3n) is 2.47. The highest BCUT2D eigenvalue weighted by molar-refractivity contribution is 9.10. The summed E-state index contributed by atoms with van der Waals surface area (Å²) in [5.41, 5.74) is -1.43. The molecule has 0 aliphatic heterocycles. The Kier molecular flexibility index (Phi) is 4.00. The third-order valence-corrected chi connectivity index (χ3v) is 2.99. The van der Waals surface area contributed by atoms with E-state index in [1.807, 2.05) is 0 Å². The molecule has 0 aromatic heterocycles. The highest BCUT2D eigenvalue weighted by Gasteiger charge is 2.33. The number of nitrogens with zero attached hydrogens (tertiary/aromatic N) is 1. The van der Waals surface area contributed by atoms with Gasteiger partial charge in [0.15, 0.2) is 0 Å². The van der Waals surface area contributed by atoms with Gasteiger partial charge in [0.05, 0.1) is 17.2 Å². The maximum atomic E-state index is 12.6. The first-order valence-electron chi connectivity index (χ1n) is 5.45. The van der Waals surface area contributed by atoms with Gasteiger partial charge in [-0.2, -0.15) is 18.4 Å². The standard InChI is InChI=1S/C14H7BrF3NO/c15-10-1-3-11(4-2-10)20-12-5-6-13(14(16,17)18)9(7-12)8-19/h1-7H. The van der Waals surface area contributed by atoms with Crippen molar-refractivity contribution in [1.82, 2.24) is 0 Å². The molecule has 2 aromatic carbocycles. The Labute approximate surface area is 121 Å². The Morgan fingerprint density at radius 2 is 1.60 bits per heavy atom. The minimum Gasteiger partial charge on any atom is -0.457 e. The van der Waals surface area contributed by atoms with E-state index in [9.17, 15) is 13.2 Å². The van der Waals surface area contributed by atoms with Crippen molar-refractivity contribution in [3.63, 3.8) is 0 Å². The van der Waals surface area contributed by atoms with Crippen molar-refractivity contribution < 1.29 is 17.9 Å². The first-order valence-corrected chi connectivity index (χ1v) is 6.24. The smallest absolute Gasteiger partial charge is 0.417 e. The summed E-state index contributed by atoms with van der Waals surface area (Å²) in [6.07, 6.45) is -4.55. The first kappa shape index (κ1) is 14.4. The van der Waals surface area contributed by atoms with Crippen molar-refractivity contribution in [3.05, 3.63) is 58.1 Å². The van der Waals surface area contributed by atoms with E-state index in [1.165, 1.54) is 12.1 Å². The molecule has 0 aliphatic rings. The number of nitriles is 1. The van der Waals surface area contributed by atoms with Gasteiger partial charge < -0.3 is 4.74 Å². The fourth-order valence-electron chi connectivity index (χ4n) is 1.57. The fraction of sp³-hybridized carbons (Fsp3) is 0.0714. The van der Waals surface area contributed by atoms with Crippen molar-refractivity contribution >= 4 is 15.9 Å². The molecule has 20 heavy (non-hydrogen) atoms. The third kappa shape index (κ3) is 3.31. The lowest BCUT2D eigenvalue weighted by molar-refractivity contribution is -0.137. The van der Waals surface area contributed by atoms with Gasteiger partial charge in [-0.3, -0.25) is 0 Å². The molecular weight excluding hydrogens is 335 g/mol. The van der Waals surface area contributed by atoms with Crippen LogP contribution in [-0.4, -0.2) is 0 Å². The zero-order valence-electron chi connectivity index (χ0n) is 9.91. The fourth-order valence-corrected chi connectivity index (χ4v) is 1.83. The average Bonchev–Trinajstić information content (AvgIpc) is 2.40. The van der Waals surface area contributed by atoms with Crippen LogP contribution in [0.2, 0.25) is 0 Å². The number of ether oxygens (including phenoxy) is 1. The number of halogens is 4. The van der Waals surface area contributed by atoms with E-state index in [2.05, 4.69) is 15.9 Å². The van der Waals surface area contributed by atoms with Crippen LogP contribution >= 0.6 is 15.9 Å². The summed E-state index contributed by atoms with van der Waals surface area (Å²) < 4.78 is 44.2. The van der Waals surface area contributed by atoms with E-state index in [1.54, 1.807) is 24.3 Å². The van der Waals surface area contributed by atoms with Gasteiger partial charge in [0, 0.05) is 4.47 Å². The highest BCUT2D eigenvalue weighted by atomic mass is 79.9. The topological polar surface area (TPSA) is 33.0 Å². The summed E-state index contributed by atoms with van der Waals surface area (Å²) in [6.45, 7) is 0. The maximum absolute atomic E-state index is 12.6. The summed E-state index contributed by atoms with van der Waals surface area (Å²) in [7, 11) is 0.